The Morgan fingerprint density at radius 2 is 1.44 bits per heavy atom. The van der Waals surface area contributed by atoms with Crippen molar-refractivity contribution in [3.05, 3.63) is 0 Å². The van der Waals surface area contributed by atoms with E-state index in [0.29, 0.717) is 0 Å². The fraction of sp³-hybridized carbons (Fsp3) is 0.929. The first-order valence-corrected chi connectivity index (χ1v) is 6.86. The normalized spacial score (nSPS) is 15.9. The molecule has 0 aromatic heterocycles. The molecular weight excluding hydrogens is 198 g/mol. The molecule has 1 rings (SSSR count). The van der Waals surface area contributed by atoms with Gasteiger partial charge in [-0.25, -0.2) is 0 Å². The van der Waals surface area contributed by atoms with Crippen molar-refractivity contribution in [2.75, 3.05) is 13.1 Å². The average molecular weight is 229 g/mol. The van der Waals surface area contributed by atoms with Gasteiger partial charge in [0.2, 0.25) is 5.91 Å². The zero-order chi connectivity index (χ0) is 13.1. The molecule has 0 spiro atoms. The molecule has 1 saturated heterocycles. The SMILES string of the molecule is CC.CC.CC(=O)N1CCC(C(C)C)CC1. The molecule has 1 fully saturated rings. The number of hydrogen-bond acceptors (Lipinski definition) is 1. The summed E-state index contributed by atoms with van der Waals surface area (Å²) >= 11 is 0. The number of likely N-dealkylation sites (tertiary alicyclic amines) is 1. The number of piperidine rings is 1. The maximum atomic E-state index is 11.0. The van der Waals surface area contributed by atoms with Crippen LogP contribution in [0, 0.1) is 11.8 Å². The molecule has 16 heavy (non-hydrogen) atoms. The third-order valence-electron chi connectivity index (χ3n) is 2.93. The highest BCUT2D eigenvalue weighted by Gasteiger charge is 2.22. The Balaban J connectivity index is 0. The molecule has 0 aromatic rings. The molecule has 1 heterocycles. The molecule has 1 amide bonds. The van der Waals surface area contributed by atoms with E-state index in [9.17, 15) is 4.79 Å². The van der Waals surface area contributed by atoms with Crippen molar-refractivity contribution >= 4 is 5.91 Å². The second kappa shape index (κ2) is 11.0. The molecule has 0 saturated carbocycles. The van der Waals surface area contributed by atoms with Gasteiger partial charge in [0.15, 0.2) is 0 Å². The molecule has 0 atom stereocenters. The van der Waals surface area contributed by atoms with Crippen LogP contribution in [0.4, 0.5) is 0 Å². The van der Waals surface area contributed by atoms with E-state index in [4.69, 9.17) is 0 Å². The summed E-state index contributed by atoms with van der Waals surface area (Å²) in [6, 6.07) is 0. The number of hydrogen-bond donors (Lipinski definition) is 0. The highest BCUT2D eigenvalue weighted by Crippen LogP contribution is 2.24. The predicted octanol–water partition coefficient (Wildman–Crippen LogP) is 3.95. The summed E-state index contributed by atoms with van der Waals surface area (Å²) in [6.45, 7) is 16.1. The summed E-state index contributed by atoms with van der Waals surface area (Å²) in [5.41, 5.74) is 0. The van der Waals surface area contributed by atoms with Crippen LogP contribution in [0.15, 0.2) is 0 Å². The minimum Gasteiger partial charge on any atom is -0.343 e. The van der Waals surface area contributed by atoms with Crippen molar-refractivity contribution in [1.82, 2.24) is 4.90 Å². The van der Waals surface area contributed by atoms with Crippen molar-refractivity contribution < 1.29 is 4.79 Å². The van der Waals surface area contributed by atoms with Gasteiger partial charge in [-0.2, -0.15) is 0 Å². The Morgan fingerprint density at radius 3 is 1.69 bits per heavy atom. The highest BCUT2D eigenvalue weighted by atomic mass is 16.2. The first-order chi connectivity index (χ1) is 7.61. The third kappa shape index (κ3) is 6.86. The minimum absolute atomic E-state index is 0.234. The van der Waals surface area contributed by atoms with Gasteiger partial charge in [-0.05, 0) is 24.7 Å². The lowest BCUT2D eigenvalue weighted by atomic mass is 9.87. The highest BCUT2D eigenvalue weighted by molar-refractivity contribution is 5.73. The van der Waals surface area contributed by atoms with E-state index >= 15 is 0 Å². The van der Waals surface area contributed by atoms with E-state index in [2.05, 4.69) is 13.8 Å². The lowest BCUT2D eigenvalue weighted by Gasteiger charge is -2.33. The van der Waals surface area contributed by atoms with Gasteiger partial charge in [0.1, 0.15) is 0 Å². The summed E-state index contributed by atoms with van der Waals surface area (Å²) in [6.07, 6.45) is 2.38. The number of carbonyl (C=O) groups excluding carboxylic acids is 1. The van der Waals surface area contributed by atoms with Crippen molar-refractivity contribution in [2.24, 2.45) is 11.8 Å². The standard InChI is InChI=1S/C10H19NO.2C2H6/c1-8(2)10-4-6-11(7-5-10)9(3)12;2*1-2/h8,10H,4-7H2,1-3H3;2*1-2H3. The van der Waals surface area contributed by atoms with Gasteiger partial charge in [-0.3, -0.25) is 4.79 Å². The first-order valence-electron chi connectivity index (χ1n) is 6.86. The van der Waals surface area contributed by atoms with E-state index in [-0.39, 0.29) is 5.91 Å². The Hall–Kier alpha value is -0.530. The van der Waals surface area contributed by atoms with Gasteiger partial charge in [0, 0.05) is 20.0 Å². The van der Waals surface area contributed by atoms with Crippen LogP contribution in [0.25, 0.3) is 0 Å². The van der Waals surface area contributed by atoms with Gasteiger partial charge < -0.3 is 4.90 Å². The van der Waals surface area contributed by atoms with Gasteiger partial charge in [-0.15, -0.1) is 0 Å². The topological polar surface area (TPSA) is 20.3 Å². The summed E-state index contributed by atoms with van der Waals surface area (Å²) in [4.78, 5) is 13.0. The molecule has 1 aliphatic rings. The summed E-state index contributed by atoms with van der Waals surface area (Å²) in [5, 5.41) is 0. The second-order valence-electron chi connectivity index (χ2n) is 4.09. The van der Waals surface area contributed by atoms with E-state index in [1.165, 1.54) is 12.8 Å². The lowest BCUT2D eigenvalue weighted by molar-refractivity contribution is -0.130. The summed E-state index contributed by atoms with van der Waals surface area (Å²) < 4.78 is 0. The van der Waals surface area contributed by atoms with Crippen molar-refractivity contribution in [3.8, 4) is 0 Å². The predicted molar refractivity (Wildman–Crippen MR) is 72.5 cm³/mol. The second-order valence-corrected chi connectivity index (χ2v) is 4.09. The lowest BCUT2D eigenvalue weighted by Crippen LogP contribution is -2.38. The van der Waals surface area contributed by atoms with Gasteiger partial charge in [-0.1, -0.05) is 41.5 Å². The maximum Gasteiger partial charge on any atom is 0.219 e. The molecular formula is C14H31NO. The average Bonchev–Trinajstić information content (AvgIpc) is 2.34. The Labute approximate surface area is 102 Å². The van der Waals surface area contributed by atoms with E-state index < -0.39 is 0 Å². The van der Waals surface area contributed by atoms with Gasteiger partial charge >= 0.3 is 0 Å². The molecule has 0 radical (unpaired) electrons. The largest absolute Gasteiger partial charge is 0.343 e. The number of amides is 1. The molecule has 0 N–H and O–H groups in total. The van der Waals surface area contributed by atoms with Crippen LogP contribution in [0.3, 0.4) is 0 Å². The molecule has 0 unspecified atom stereocenters. The first kappa shape index (κ1) is 17.9. The Kier molecular flexibility index (Phi) is 12.2. The van der Waals surface area contributed by atoms with Crippen molar-refractivity contribution in [1.29, 1.82) is 0 Å². The zero-order valence-corrected chi connectivity index (χ0v) is 12.3. The van der Waals surface area contributed by atoms with E-state index in [1.54, 1.807) is 6.92 Å². The summed E-state index contributed by atoms with van der Waals surface area (Å²) in [7, 11) is 0. The molecule has 1 aliphatic heterocycles. The number of rotatable bonds is 1. The van der Waals surface area contributed by atoms with Crippen molar-refractivity contribution in [2.45, 2.75) is 61.3 Å². The zero-order valence-electron chi connectivity index (χ0n) is 12.3. The number of carbonyl (C=O) groups is 1. The quantitative estimate of drug-likeness (QED) is 0.666. The van der Waals surface area contributed by atoms with E-state index in [1.807, 2.05) is 32.6 Å². The molecule has 98 valence electrons. The molecule has 2 heteroatoms. The Morgan fingerprint density at radius 1 is 1.06 bits per heavy atom. The maximum absolute atomic E-state index is 11.0. The van der Waals surface area contributed by atoms with Gasteiger partial charge in [0.25, 0.3) is 0 Å². The van der Waals surface area contributed by atoms with Crippen LogP contribution in [0.2, 0.25) is 0 Å². The Bertz CT molecular complexity index is 158. The van der Waals surface area contributed by atoms with Crippen LogP contribution in [-0.2, 0) is 4.79 Å². The van der Waals surface area contributed by atoms with Crippen LogP contribution in [-0.4, -0.2) is 23.9 Å². The van der Waals surface area contributed by atoms with Crippen LogP contribution < -0.4 is 0 Å². The third-order valence-corrected chi connectivity index (χ3v) is 2.93. The molecule has 2 nitrogen and oxygen atoms in total. The van der Waals surface area contributed by atoms with Crippen LogP contribution in [0.5, 0.6) is 0 Å². The smallest absolute Gasteiger partial charge is 0.219 e. The summed E-state index contributed by atoms with van der Waals surface area (Å²) in [5.74, 6) is 1.84. The fourth-order valence-electron chi connectivity index (χ4n) is 1.88. The van der Waals surface area contributed by atoms with Crippen LogP contribution in [0.1, 0.15) is 61.3 Å². The minimum atomic E-state index is 0.234. The van der Waals surface area contributed by atoms with Crippen molar-refractivity contribution in [3.63, 3.8) is 0 Å². The monoisotopic (exact) mass is 229 g/mol. The van der Waals surface area contributed by atoms with E-state index in [0.717, 1.165) is 24.9 Å². The van der Waals surface area contributed by atoms with Crippen LogP contribution >= 0.6 is 0 Å². The fourth-order valence-corrected chi connectivity index (χ4v) is 1.88. The molecule has 0 bridgehead atoms. The van der Waals surface area contributed by atoms with Gasteiger partial charge in [0.05, 0.1) is 0 Å². The molecule has 0 aliphatic carbocycles. The number of nitrogens with zero attached hydrogens (tertiary/aromatic N) is 1. The molecule has 0 aromatic carbocycles.